The number of aromatic amines is 1. The summed E-state index contributed by atoms with van der Waals surface area (Å²) in [7, 11) is 0. The number of fused-ring (bicyclic) bond motifs is 4. The number of halogens is 3. The van der Waals surface area contributed by atoms with E-state index in [1.807, 2.05) is 0 Å². The highest BCUT2D eigenvalue weighted by atomic mass is 19.4. The lowest BCUT2D eigenvalue weighted by molar-refractivity contribution is -0.274. The van der Waals surface area contributed by atoms with Gasteiger partial charge in [-0.1, -0.05) is 0 Å². The van der Waals surface area contributed by atoms with E-state index in [2.05, 4.69) is 14.6 Å². The molecule has 22 heavy (non-hydrogen) atoms. The quantitative estimate of drug-likeness (QED) is 0.871. The Kier molecular flexibility index (Phi) is 3.11. The number of nitrogens with one attached hydrogen (secondary N) is 1. The van der Waals surface area contributed by atoms with E-state index in [1.165, 1.54) is 30.5 Å². The van der Waals surface area contributed by atoms with Gasteiger partial charge in [0.15, 0.2) is 0 Å². The Morgan fingerprint density at radius 3 is 2.91 bits per heavy atom. The lowest BCUT2D eigenvalue weighted by atomic mass is 10.0. The zero-order valence-electron chi connectivity index (χ0n) is 12.0. The Labute approximate surface area is 126 Å². The van der Waals surface area contributed by atoms with E-state index in [1.54, 1.807) is 6.07 Å². The summed E-state index contributed by atoms with van der Waals surface area (Å²) < 4.78 is 41.0. The molecule has 1 atom stereocenters. The van der Waals surface area contributed by atoms with Crippen LogP contribution in [0.15, 0.2) is 18.2 Å². The first kappa shape index (κ1) is 13.9. The molecule has 1 aromatic heterocycles. The van der Waals surface area contributed by atoms with Crippen molar-refractivity contribution in [2.45, 2.75) is 38.1 Å². The van der Waals surface area contributed by atoms with Crippen LogP contribution in [-0.4, -0.2) is 35.4 Å². The average Bonchev–Trinajstić information content (AvgIpc) is 2.96. The summed E-state index contributed by atoms with van der Waals surface area (Å²) in [4.78, 5) is 5.83. The van der Waals surface area contributed by atoms with E-state index >= 15 is 0 Å². The Hall–Kier alpha value is -1.69. The minimum Gasteiger partial charge on any atom is -0.406 e. The lowest BCUT2D eigenvalue weighted by Crippen LogP contribution is -2.30. The van der Waals surface area contributed by atoms with E-state index in [9.17, 15) is 13.2 Å². The first-order valence-corrected chi connectivity index (χ1v) is 7.63. The number of hydrogen-bond donors (Lipinski definition) is 1. The first-order chi connectivity index (χ1) is 10.5. The number of hydrogen-bond acceptors (Lipinski definition) is 2. The summed E-state index contributed by atoms with van der Waals surface area (Å²) in [6.45, 7) is 2.19. The predicted octanol–water partition coefficient (Wildman–Crippen LogP) is 3.63. The van der Waals surface area contributed by atoms with Crippen LogP contribution < -0.4 is 4.74 Å². The van der Waals surface area contributed by atoms with Gasteiger partial charge in [0.1, 0.15) is 5.75 Å². The highest BCUT2D eigenvalue weighted by Crippen LogP contribution is 2.34. The number of H-pyrrole nitrogens is 1. The molecule has 0 unspecified atom stereocenters. The van der Waals surface area contributed by atoms with Crippen LogP contribution in [0.3, 0.4) is 0 Å². The molecular formula is C16H17F3N2O. The van der Waals surface area contributed by atoms with Crippen LogP contribution in [0.2, 0.25) is 0 Å². The molecule has 0 amide bonds. The number of alkyl halides is 3. The van der Waals surface area contributed by atoms with E-state index in [4.69, 9.17) is 0 Å². The van der Waals surface area contributed by atoms with Gasteiger partial charge in [-0.25, -0.2) is 0 Å². The van der Waals surface area contributed by atoms with Crippen LogP contribution >= 0.6 is 0 Å². The van der Waals surface area contributed by atoms with E-state index in [-0.39, 0.29) is 5.75 Å². The van der Waals surface area contributed by atoms with Gasteiger partial charge in [0.2, 0.25) is 0 Å². The van der Waals surface area contributed by atoms with Crippen molar-refractivity contribution >= 4 is 10.9 Å². The minimum absolute atomic E-state index is 0.168. The van der Waals surface area contributed by atoms with Crippen LogP contribution in [-0.2, 0) is 12.8 Å². The Morgan fingerprint density at radius 1 is 1.23 bits per heavy atom. The average molecular weight is 310 g/mol. The largest absolute Gasteiger partial charge is 0.573 e. The third-order valence-corrected chi connectivity index (χ3v) is 4.79. The van der Waals surface area contributed by atoms with Crippen molar-refractivity contribution in [2.24, 2.45) is 0 Å². The van der Waals surface area contributed by atoms with Gasteiger partial charge in [-0.2, -0.15) is 0 Å². The van der Waals surface area contributed by atoms with Crippen molar-refractivity contribution in [1.29, 1.82) is 0 Å². The molecule has 2 aliphatic heterocycles. The molecule has 1 fully saturated rings. The SMILES string of the molecule is FC(F)(F)Oc1ccc2c3c([nH]c2c1)CCN1CCC[C@H]1C3. The highest BCUT2D eigenvalue weighted by molar-refractivity contribution is 5.86. The molecule has 118 valence electrons. The van der Waals surface area contributed by atoms with Gasteiger partial charge in [-0.05, 0) is 43.5 Å². The number of aromatic nitrogens is 1. The molecule has 3 nitrogen and oxygen atoms in total. The maximum Gasteiger partial charge on any atom is 0.573 e. The molecule has 1 N–H and O–H groups in total. The topological polar surface area (TPSA) is 28.3 Å². The zero-order chi connectivity index (χ0) is 15.3. The summed E-state index contributed by atoms with van der Waals surface area (Å²) in [5, 5.41) is 1.03. The van der Waals surface area contributed by atoms with Gasteiger partial charge in [0.05, 0.1) is 0 Å². The predicted molar refractivity (Wildman–Crippen MR) is 77.0 cm³/mol. The Balaban J connectivity index is 1.70. The summed E-state index contributed by atoms with van der Waals surface area (Å²) in [6, 6.07) is 5.17. The van der Waals surface area contributed by atoms with Crippen LogP contribution in [0.4, 0.5) is 13.2 Å². The van der Waals surface area contributed by atoms with Gasteiger partial charge in [-0.3, -0.25) is 4.90 Å². The fourth-order valence-electron chi connectivity index (χ4n) is 3.85. The van der Waals surface area contributed by atoms with Gasteiger partial charge in [0.25, 0.3) is 0 Å². The molecule has 3 heterocycles. The summed E-state index contributed by atoms with van der Waals surface area (Å²) in [5.74, 6) is -0.168. The maximum atomic E-state index is 12.3. The number of benzene rings is 1. The summed E-state index contributed by atoms with van der Waals surface area (Å²) in [6.07, 6.45) is -0.292. The fourth-order valence-corrected chi connectivity index (χ4v) is 3.85. The molecule has 0 spiro atoms. The molecule has 4 rings (SSSR count). The first-order valence-electron chi connectivity index (χ1n) is 7.63. The normalized spacial score (nSPS) is 22.4. The molecule has 6 heteroatoms. The Bertz CT molecular complexity index is 707. The Morgan fingerprint density at radius 2 is 2.09 bits per heavy atom. The number of ether oxygens (including phenoxy) is 1. The zero-order valence-corrected chi connectivity index (χ0v) is 12.0. The van der Waals surface area contributed by atoms with Crippen molar-refractivity contribution in [2.75, 3.05) is 13.1 Å². The molecule has 0 aliphatic carbocycles. The van der Waals surface area contributed by atoms with Crippen LogP contribution in [0.25, 0.3) is 10.9 Å². The molecular weight excluding hydrogens is 293 g/mol. The molecule has 2 aromatic rings. The third kappa shape index (κ3) is 2.45. The van der Waals surface area contributed by atoms with E-state index in [0.717, 1.165) is 42.5 Å². The third-order valence-electron chi connectivity index (χ3n) is 4.79. The highest BCUT2D eigenvalue weighted by Gasteiger charge is 2.32. The van der Waals surface area contributed by atoms with Gasteiger partial charge < -0.3 is 9.72 Å². The standard InChI is InChI=1S/C16H17F3N2O/c17-16(18,19)22-11-3-4-12-13-8-10-2-1-6-21(10)7-5-14(13)20-15(12)9-11/h3-4,9-10,20H,1-2,5-8H2/t10-/m0/s1. The fraction of sp³-hybridized carbons (Fsp3) is 0.500. The second-order valence-corrected chi connectivity index (χ2v) is 6.12. The number of nitrogens with zero attached hydrogens (tertiary/aromatic N) is 1. The molecule has 1 aromatic carbocycles. The lowest BCUT2D eigenvalue weighted by Gasteiger charge is -2.21. The van der Waals surface area contributed by atoms with Gasteiger partial charge in [-0.15, -0.1) is 13.2 Å². The molecule has 0 bridgehead atoms. The summed E-state index contributed by atoms with van der Waals surface area (Å²) in [5.41, 5.74) is 3.16. The molecule has 0 radical (unpaired) electrons. The van der Waals surface area contributed by atoms with Crippen molar-refractivity contribution < 1.29 is 17.9 Å². The molecule has 1 saturated heterocycles. The van der Waals surface area contributed by atoms with Crippen LogP contribution in [0, 0.1) is 0 Å². The van der Waals surface area contributed by atoms with Crippen molar-refractivity contribution in [1.82, 2.24) is 9.88 Å². The van der Waals surface area contributed by atoms with Crippen molar-refractivity contribution in [3.63, 3.8) is 0 Å². The molecule has 0 saturated carbocycles. The van der Waals surface area contributed by atoms with Gasteiger partial charge in [0, 0.05) is 41.7 Å². The smallest absolute Gasteiger partial charge is 0.406 e. The maximum absolute atomic E-state index is 12.3. The van der Waals surface area contributed by atoms with Gasteiger partial charge >= 0.3 is 6.36 Å². The van der Waals surface area contributed by atoms with Crippen molar-refractivity contribution in [3.05, 3.63) is 29.5 Å². The monoisotopic (exact) mass is 310 g/mol. The van der Waals surface area contributed by atoms with E-state index < -0.39 is 6.36 Å². The van der Waals surface area contributed by atoms with Crippen LogP contribution in [0.1, 0.15) is 24.1 Å². The van der Waals surface area contributed by atoms with Crippen molar-refractivity contribution in [3.8, 4) is 5.75 Å². The number of rotatable bonds is 1. The minimum atomic E-state index is -4.65. The second kappa shape index (κ2) is 4.91. The molecule has 2 aliphatic rings. The van der Waals surface area contributed by atoms with Crippen LogP contribution in [0.5, 0.6) is 5.75 Å². The van der Waals surface area contributed by atoms with E-state index in [0.29, 0.717) is 6.04 Å². The second-order valence-electron chi connectivity index (χ2n) is 6.12. The summed E-state index contributed by atoms with van der Waals surface area (Å²) >= 11 is 0.